The standard InChI is InChI=1S/C9H5BrF2N4O/c10-4-1-5(11)8(6(12)2-4)14-9(17)7-3-13-16-15-7/h1-3H,(H,14,17)(H,13,15,16). The number of benzene rings is 1. The van der Waals surface area contributed by atoms with Crippen molar-refractivity contribution in [2.24, 2.45) is 0 Å². The zero-order chi connectivity index (χ0) is 12.4. The first-order valence-electron chi connectivity index (χ1n) is 4.39. The average Bonchev–Trinajstić information content (AvgIpc) is 2.76. The highest BCUT2D eigenvalue weighted by Gasteiger charge is 2.16. The lowest BCUT2D eigenvalue weighted by molar-refractivity contribution is 0.102. The van der Waals surface area contributed by atoms with Crippen LogP contribution in [0.1, 0.15) is 10.5 Å². The fourth-order valence-corrected chi connectivity index (χ4v) is 1.55. The van der Waals surface area contributed by atoms with Crippen LogP contribution in [0.4, 0.5) is 14.5 Å². The molecule has 0 saturated heterocycles. The maximum absolute atomic E-state index is 13.4. The van der Waals surface area contributed by atoms with Gasteiger partial charge in [-0.1, -0.05) is 15.9 Å². The molecule has 88 valence electrons. The third-order valence-corrected chi connectivity index (χ3v) is 2.35. The van der Waals surface area contributed by atoms with Gasteiger partial charge in [0, 0.05) is 4.47 Å². The van der Waals surface area contributed by atoms with E-state index >= 15 is 0 Å². The largest absolute Gasteiger partial charge is 0.316 e. The molecule has 17 heavy (non-hydrogen) atoms. The first-order valence-corrected chi connectivity index (χ1v) is 5.19. The van der Waals surface area contributed by atoms with Gasteiger partial charge in [-0.2, -0.15) is 15.4 Å². The van der Waals surface area contributed by atoms with Crippen molar-refractivity contribution in [2.45, 2.75) is 0 Å². The molecule has 0 spiro atoms. The van der Waals surface area contributed by atoms with Gasteiger partial charge in [0.25, 0.3) is 5.91 Å². The van der Waals surface area contributed by atoms with Crippen LogP contribution < -0.4 is 5.32 Å². The topological polar surface area (TPSA) is 70.7 Å². The van der Waals surface area contributed by atoms with Gasteiger partial charge in [0.05, 0.1) is 6.20 Å². The van der Waals surface area contributed by atoms with E-state index in [-0.39, 0.29) is 10.2 Å². The van der Waals surface area contributed by atoms with Crippen LogP contribution in [-0.4, -0.2) is 21.3 Å². The van der Waals surface area contributed by atoms with E-state index in [4.69, 9.17) is 0 Å². The van der Waals surface area contributed by atoms with Crippen LogP contribution >= 0.6 is 15.9 Å². The highest BCUT2D eigenvalue weighted by Crippen LogP contribution is 2.23. The number of hydrogen-bond donors (Lipinski definition) is 2. The Balaban J connectivity index is 2.28. The van der Waals surface area contributed by atoms with E-state index in [1.165, 1.54) is 0 Å². The minimum atomic E-state index is -0.881. The summed E-state index contributed by atoms with van der Waals surface area (Å²) in [7, 11) is 0. The summed E-state index contributed by atoms with van der Waals surface area (Å²) in [4.78, 5) is 11.5. The Labute approximate surface area is 102 Å². The number of halogens is 3. The number of carbonyl (C=O) groups excluding carboxylic acids is 1. The lowest BCUT2D eigenvalue weighted by Gasteiger charge is -2.06. The molecule has 0 aliphatic rings. The van der Waals surface area contributed by atoms with Gasteiger partial charge in [0.2, 0.25) is 0 Å². The molecule has 1 aromatic heterocycles. The van der Waals surface area contributed by atoms with Crippen LogP contribution in [0.3, 0.4) is 0 Å². The number of aromatic amines is 1. The molecule has 1 amide bonds. The number of hydrogen-bond acceptors (Lipinski definition) is 3. The molecule has 0 fully saturated rings. The summed E-state index contributed by atoms with van der Waals surface area (Å²) in [6.07, 6.45) is 1.14. The first-order chi connectivity index (χ1) is 8.08. The van der Waals surface area contributed by atoms with Gasteiger partial charge in [-0.15, -0.1) is 0 Å². The summed E-state index contributed by atoms with van der Waals surface area (Å²) < 4.78 is 27.0. The van der Waals surface area contributed by atoms with Gasteiger partial charge in [0.15, 0.2) is 17.3 Å². The van der Waals surface area contributed by atoms with Gasteiger partial charge in [-0.3, -0.25) is 4.79 Å². The van der Waals surface area contributed by atoms with Crippen molar-refractivity contribution in [1.82, 2.24) is 15.4 Å². The number of aromatic nitrogens is 3. The Morgan fingerprint density at radius 2 is 2.00 bits per heavy atom. The van der Waals surface area contributed by atoms with Crippen molar-refractivity contribution in [2.75, 3.05) is 5.32 Å². The fourth-order valence-electron chi connectivity index (χ4n) is 1.15. The highest BCUT2D eigenvalue weighted by atomic mass is 79.9. The molecule has 0 unspecified atom stereocenters. The predicted molar refractivity (Wildman–Crippen MR) is 58.4 cm³/mol. The average molecular weight is 303 g/mol. The molecule has 0 atom stereocenters. The number of H-pyrrole nitrogens is 1. The SMILES string of the molecule is O=C(Nc1c(F)cc(Br)cc1F)c1cn[nH]n1. The van der Waals surface area contributed by atoms with E-state index in [1.54, 1.807) is 0 Å². The van der Waals surface area contributed by atoms with Crippen LogP contribution in [0.2, 0.25) is 0 Å². The Morgan fingerprint density at radius 3 is 2.53 bits per heavy atom. The maximum atomic E-state index is 13.4. The molecule has 0 saturated carbocycles. The van der Waals surface area contributed by atoms with E-state index in [0.717, 1.165) is 18.3 Å². The van der Waals surface area contributed by atoms with E-state index in [9.17, 15) is 13.6 Å². The van der Waals surface area contributed by atoms with E-state index < -0.39 is 23.2 Å². The number of nitrogens with zero attached hydrogens (tertiary/aromatic N) is 2. The molecule has 1 heterocycles. The number of anilines is 1. The van der Waals surface area contributed by atoms with E-state index in [2.05, 4.69) is 36.7 Å². The zero-order valence-electron chi connectivity index (χ0n) is 8.17. The normalized spacial score (nSPS) is 10.3. The molecular formula is C9H5BrF2N4O. The minimum Gasteiger partial charge on any atom is -0.316 e. The van der Waals surface area contributed by atoms with Crippen molar-refractivity contribution >= 4 is 27.5 Å². The monoisotopic (exact) mass is 302 g/mol. The summed E-state index contributed by atoms with van der Waals surface area (Å²) in [5.74, 6) is -2.51. The fraction of sp³-hybridized carbons (Fsp3) is 0. The molecule has 0 aliphatic carbocycles. The second kappa shape index (κ2) is 4.58. The highest BCUT2D eigenvalue weighted by molar-refractivity contribution is 9.10. The lowest BCUT2D eigenvalue weighted by Crippen LogP contribution is -2.14. The summed E-state index contributed by atoms with van der Waals surface area (Å²) >= 11 is 2.93. The van der Waals surface area contributed by atoms with Crippen LogP contribution in [0, 0.1) is 11.6 Å². The molecule has 5 nitrogen and oxygen atoms in total. The van der Waals surface area contributed by atoms with Crippen molar-refractivity contribution in [3.63, 3.8) is 0 Å². The number of carbonyl (C=O) groups is 1. The van der Waals surface area contributed by atoms with Crippen LogP contribution in [0.25, 0.3) is 0 Å². The molecular weight excluding hydrogens is 298 g/mol. The number of rotatable bonds is 2. The van der Waals surface area contributed by atoms with Crippen LogP contribution in [0.5, 0.6) is 0 Å². The maximum Gasteiger partial charge on any atom is 0.277 e. The minimum absolute atomic E-state index is 0.0632. The molecule has 2 N–H and O–H groups in total. The van der Waals surface area contributed by atoms with E-state index in [0.29, 0.717) is 0 Å². The van der Waals surface area contributed by atoms with Crippen molar-refractivity contribution in [3.8, 4) is 0 Å². The summed E-state index contributed by atoms with van der Waals surface area (Å²) in [5.41, 5.74) is -0.590. The quantitative estimate of drug-likeness (QED) is 0.892. The molecule has 0 aliphatic heterocycles. The van der Waals surface area contributed by atoms with E-state index in [1.807, 2.05) is 0 Å². The van der Waals surface area contributed by atoms with Crippen molar-refractivity contribution in [3.05, 3.63) is 40.1 Å². The van der Waals surface area contributed by atoms with Gasteiger partial charge < -0.3 is 5.32 Å². The molecule has 0 radical (unpaired) electrons. The zero-order valence-corrected chi connectivity index (χ0v) is 9.75. The van der Waals surface area contributed by atoms with Crippen LogP contribution in [0.15, 0.2) is 22.8 Å². The summed E-state index contributed by atoms with van der Waals surface area (Å²) in [6, 6.07) is 2.09. The molecule has 8 heteroatoms. The lowest BCUT2D eigenvalue weighted by atomic mass is 10.3. The van der Waals surface area contributed by atoms with Crippen LogP contribution in [-0.2, 0) is 0 Å². The molecule has 1 aromatic carbocycles. The number of amides is 1. The van der Waals surface area contributed by atoms with Gasteiger partial charge in [0.1, 0.15) is 5.69 Å². The Morgan fingerprint density at radius 1 is 1.35 bits per heavy atom. The Kier molecular flexibility index (Phi) is 3.14. The Bertz CT molecular complexity index is 535. The smallest absolute Gasteiger partial charge is 0.277 e. The van der Waals surface area contributed by atoms with Gasteiger partial charge >= 0.3 is 0 Å². The number of nitrogens with one attached hydrogen (secondary N) is 2. The van der Waals surface area contributed by atoms with Crippen molar-refractivity contribution < 1.29 is 13.6 Å². The molecule has 2 aromatic rings. The second-order valence-electron chi connectivity index (χ2n) is 3.05. The van der Waals surface area contributed by atoms with Gasteiger partial charge in [-0.05, 0) is 12.1 Å². The van der Waals surface area contributed by atoms with Crippen molar-refractivity contribution in [1.29, 1.82) is 0 Å². The second-order valence-corrected chi connectivity index (χ2v) is 3.97. The molecule has 0 bridgehead atoms. The van der Waals surface area contributed by atoms with Gasteiger partial charge in [-0.25, -0.2) is 8.78 Å². The Hall–Kier alpha value is -1.83. The summed E-state index contributed by atoms with van der Waals surface area (Å²) in [6.45, 7) is 0. The summed E-state index contributed by atoms with van der Waals surface area (Å²) in [5, 5.41) is 11.2. The predicted octanol–water partition coefficient (Wildman–Crippen LogP) is 2.10. The third kappa shape index (κ3) is 2.47. The molecule has 2 rings (SSSR count). The first kappa shape index (κ1) is 11.6. The third-order valence-electron chi connectivity index (χ3n) is 1.89.